The Bertz CT molecular complexity index is 5560. The van der Waals surface area contributed by atoms with Gasteiger partial charge in [-0.1, -0.05) is 351 Å². The highest BCUT2D eigenvalue weighted by atomic mass is 79.9. The first-order valence-electron chi connectivity index (χ1n) is 48.6. The second-order valence-corrected chi connectivity index (χ2v) is 31.8. The normalized spacial score (nSPS) is 11.8. The van der Waals surface area contributed by atoms with E-state index in [0.717, 1.165) is 104 Å². The van der Waals surface area contributed by atoms with E-state index in [1.165, 1.54) is 196 Å². The summed E-state index contributed by atoms with van der Waals surface area (Å²) < 4.78 is 0. The molecule has 133 heavy (non-hydrogen) atoms. The topological polar surface area (TPSA) is 137 Å². The predicted octanol–water partition coefficient (Wildman–Crippen LogP) is 35.7. The summed E-state index contributed by atoms with van der Waals surface area (Å²) in [5.74, 6) is 1.18. The number of alkyl halides is 1. The molecule has 0 bridgehead atoms. The summed E-state index contributed by atoms with van der Waals surface area (Å²) in [5, 5.41) is 12.6. The zero-order valence-corrected chi connectivity index (χ0v) is 90.3. The number of carboxylic acids is 1. The molecule has 9 aromatic rings. The maximum atomic E-state index is 11.1. The average Bonchev–Trinajstić information content (AvgIpc) is 1.66. The lowest BCUT2D eigenvalue weighted by atomic mass is 9.99. The lowest BCUT2D eigenvalue weighted by Crippen LogP contribution is -1.93. The van der Waals surface area contributed by atoms with Crippen LogP contribution in [-0.4, -0.2) is 34.9 Å². The molecule has 16 rings (SSSR count). The smallest absolute Gasteiger partial charge is 0.328 e. The zero-order valence-electron chi connectivity index (χ0n) is 88.7. The van der Waals surface area contributed by atoms with Crippen LogP contribution in [0.25, 0.3) is 53.0 Å². The Morgan fingerprint density at radius 1 is 0.353 bits per heavy atom. The molecule has 0 heterocycles. The molecule has 0 aliphatic heterocycles. The maximum absolute atomic E-state index is 11.1. The molecular weight excluding hydrogens is 1690 g/mol. The number of benzene rings is 9. The number of azide groups is 1. The van der Waals surface area contributed by atoms with Crippen molar-refractivity contribution in [3.05, 3.63) is 386 Å². The molecule has 0 saturated heterocycles. The summed E-state index contributed by atoms with van der Waals surface area (Å²) in [4.78, 5) is 45.4. The number of carboxylic acid groups (broad SMARTS) is 1. The Balaban J connectivity index is 0. The molecule has 0 atom stereocenters. The molecule has 0 aromatic heterocycles. The minimum absolute atomic E-state index is 0.567. The molecule has 0 unspecified atom stereocenters. The Hall–Kier alpha value is -11.5. The maximum Gasteiger partial charge on any atom is 0.328 e. The van der Waals surface area contributed by atoms with E-state index in [2.05, 4.69) is 320 Å². The lowest BCUT2D eigenvalue weighted by molar-refractivity contribution is -0.131. The number of terminal acetylenes is 1. The van der Waals surface area contributed by atoms with Gasteiger partial charge in [0.1, 0.15) is 6.29 Å². The number of aliphatic carboxylic acids is 1. The van der Waals surface area contributed by atoms with Crippen LogP contribution in [0.4, 0.5) is 0 Å². The van der Waals surface area contributed by atoms with Gasteiger partial charge in [0, 0.05) is 34.7 Å². The van der Waals surface area contributed by atoms with E-state index >= 15 is 0 Å². The van der Waals surface area contributed by atoms with Crippen LogP contribution < -0.4 is 0 Å². The molecule has 9 aromatic carbocycles. The fraction of sp³-hybridized carbons (Fsp3) is 0.371. The number of hydrogen-bond acceptors (Lipinski definition) is 4. The second-order valence-electron chi connectivity index (χ2n) is 31.3. The minimum atomic E-state index is -0.898. The van der Waals surface area contributed by atoms with Crippen molar-refractivity contribution in [2.24, 2.45) is 5.11 Å². The Kier molecular flexibility index (Phi) is 64.4. The van der Waals surface area contributed by atoms with Gasteiger partial charge in [0.25, 0.3) is 0 Å². The molecule has 0 spiro atoms. The largest absolute Gasteiger partial charge is 0.478 e. The Morgan fingerprint density at radius 2 is 0.669 bits per heavy atom. The highest BCUT2D eigenvalue weighted by molar-refractivity contribution is 9.09. The monoisotopic (exact) mass is 1860 g/mol. The molecule has 0 radical (unpaired) electrons. The molecule has 0 saturated carbocycles. The highest BCUT2D eigenvalue weighted by Crippen LogP contribution is 2.37. The molecule has 0 fully saturated rings. The number of hydrogen-bond donors (Lipinski definition) is 1. The van der Waals surface area contributed by atoms with Crippen molar-refractivity contribution in [1.82, 2.24) is 0 Å². The standard InChI is InChI=1S/C14H13N3O.C14H14O2.C12H13Br.2C12H12O.C12H14.2C11H12.C8H10.9C2H6/c1-9-3-4-10(2)13-8-11(7-12(9)13)5-6-14(18)16-17-15;1-9-3-4-10(2)13-8-11(7-12(9)13)5-6-14(15)16;1-8-3-4-9(2)12-6-10(7-13)5-11(8)12;1-8-5-11-9(2)3-4-10(7-13)12(11)6-8;1-8-3-4-9(2)12-6-10(7-13)5-11(8)12;1-8-6-11-9(2)4-5-10(3)12(11)7-8;1-8-6-10-5-3-4-9(2)11(10)7-8;1-3-4-8-11-9-6-5-7-10(11)2;1-7-5-3-4-6-8(7)2;9*1-2/h3-7H,8H2,1-2H3;3-7H,8H2,1-2H3,(H,15,16);3-5H,6-7H2,1-2H3;3-4,6-7H,5H2,1-2H3;3-5,7H,6H2,1-2H3;4-6H,7H2,1-3H3;3-6H,7H2,1-2H3;1,5-7,9H,4,8H2,2H3;3-6H,1-2H3;9*1-2H3/b2*6-5-;;;;;;;;;;;;;;;;. The molecule has 1 amide bonds. The quantitative estimate of drug-likeness (QED) is 0.0292. The van der Waals surface area contributed by atoms with Crippen molar-refractivity contribution in [1.29, 1.82) is 0 Å². The van der Waals surface area contributed by atoms with Gasteiger partial charge in [-0.05, 0) is 376 Å². The number of fused-ring (bicyclic) bond motifs is 7. The van der Waals surface area contributed by atoms with E-state index in [1.807, 2.05) is 143 Å². The van der Waals surface area contributed by atoms with E-state index < -0.39 is 11.9 Å². The summed E-state index contributed by atoms with van der Waals surface area (Å²) in [6, 6.07) is 48.7. The van der Waals surface area contributed by atoms with Gasteiger partial charge in [0.05, 0.1) is 0 Å². The van der Waals surface area contributed by atoms with Crippen LogP contribution in [0.5, 0.6) is 0 Å². The van der Waals surface area contributed by atoms with Crippen LogP contribution in [0.15, 0.2) is 208 Å². The summed E-state index contributed by atoms with van der Waals surface area (Å²) >= 11 is 3.52. The lowest BCUT2D eigenvalue weighted by Gasteiger charge is -2.06. The Morgan fingerprint density at radius 3 is 1.02 bits per heavy atom. The number of halogens is 1. The Labute approximate surface area is 817 Å². The molecule has 714 valence electrons. The van der Waals surface area contributed by atoms with Gasteiger partial charge >= 0.3 is 5.97 Å². The summed E-state index contributed by atoms with van der Waals surface area (Å²) in [6.45, 7) is 74.4. The fourth-order valence-corrected chi connectivity index (χ4v) is 15.5. The summed E-state index contributed by atoms with van der Waals surface area (Å²) in [6.07, 6.45) is 36.9. The van der Waals surface area contributed by atoms with E-state index in [0.29, 0.717) is 0 Å². The number of nitrogens with zero attached hydrogens (tertiary/aromatic N) is 3. The van der Waals surface area contributed by atoms with Gasteiger partial charge < -0.3 is 5.11 Å². The molecular formula is C124H166BrN3O5. The van der Waals surface area contributed by atoms with Gasteiger partial charge in [0.2, 0.25) is 5.91 Å². The van der Waals surface area contributed by atoms with Crippen molar-refractivity contribution in [3.63, 3.8) is 0 Å². The van der Waals surface area contributed by atoms with Crippen LogP contribution in [0.1, 0.15) is 329 Å². The highest BCUT2D eigenvalue weighted by Gasteiger charge is 2.21. The number of carbonyl (C=O) groups excluding carboxylic acids is 3. The SMILES string of the molecule is C#CCCc1ccccc1C.CC.CC.CC.CC.CC.CC.CC.CC.CC.CC1=Cc2c(C)ccc(C)c2C1.CC1=Cc2c(C=O)ccc(C)c2C1.CC1=Cc2cccc(C)c2C1.Cc1ccc(C)c2c1C=C(/C=C\C(=O)N=[N+]=[N-])C2.Cc1ccc(C)c2c1C=C(/C=C\C(=O)O)C2.Cc1ccc(C)c2c1C=C(C=O)C2.Cc1ccc(C)c2c1C=C(CBr)C2.Cc1ccccc1C. The van der Waals surface area contributed by atoms with E-state index in [1.54, 1.807) is 12.2 Å². The number of carbonyl (C=O) groups is 4. The van der Waals surface area contributed by atoms with Crippen molar-refractivity contribution in [2.75, 3.05) is 5.33 Å². The van der Waals surface area contributed by atoms with Crippen molar-refractivity contribution < 1.29 is 24.3 Å². The zero-order chi connectivity index (χ0) is 102. The third-order valence-corrected chi connectivity index (χ3v) is 23.0. The first-order valence-corrected chi connectivity index (χ1v) is 49.7. The summed E-state index contributed by atoms with van der Waals surface area (Å²) in [5.41, 5.74) is 58.2. The third-order valence-electron chi connectivity index (χ3n) is 22.3. The van der Waals surface area contributed by atoms with Gasteiger partial charge in [0.15, 0.2) is 6.29 Å². The molecule has 7 aliphatic rings. The predicted molar refractivity (Wildman–Crippen MR) is 592 cm³/mol. The second kappa shape index (κ2) is 69.3. The molecule has 7 aliphatic carbocycles. The molecule has 8 nitrogen and oxygen atoms in total. The van der Waals surface area contributed by atoms with Crippen LogP contribution >= 0.6 is 15.9 Å². The number of rotatable bonds is 9. The number of allylic oxidation sites excluding steroid dienone is 9. The number of amides is 1. The molecule has 1 N–H and O–H groups in total. The molecule has 9 heteroatoms. The average molecular weight is 1860 g/mol. The number of aldehydes is 2. The van der Waals surface area contributed by atoms with Gasteiger partial charge in [-0.3, -0.25) is 14.4 Å². The van der Waals surface area contributed by atoms with Gasteiger partial charge in [-0.25, -0.2) is 4.79 Å². The van der Waals surface area contributed by atoms with Crippen molar-refractivity contribution >= 4 is 82.9 Å². The van der Waals surface area contributed by atoms with Gasteiger partial charge in [-0.15, -0.1) is 12.3 Å². The van der Waals surface area contributed by atoms with Crippen LogP contribution in [-0.2, 0) is 65.8 Å². The fourth-order valence-electron chi connectivity index (χ4n) is 15.2. The van der Waals surface area contributed by atoms with Gasteiger partial charge in [-0.2, -0.15) is 0 Å². The van der Waals surface area contributed by atoms with E-state index in [9.17, 15) is 19.2 Å². The minimum Gasteiger partial charge on any atom is -0.478 e. The first-order chi connectivity index (χ1) is 63.9. The van der Waals surface area contributed by atoms with Crippen LogP contribution in [0, 0.1) is 116 Å². The summed E-state index contributed by atoms with van der Waals surface area (Å²) in [7, 11) is 0. The van der Waals surface area contributed by atoms with Crippen LogP contribution in [0.2, 0.25) is 0 Å². The van der Waals surface area contributed by atoms with Crippen molar-refractivity contribution in [3.8, 4) is 12.3 Å². The third kappa shape index (κ3) is 40.0. The first kappa shape index (κ1) is 124. The number of aryl methyl sites for hydroxylation is 16. The van der Waals surface area contributed by atoms with E-state index in [-0.39, 0.29) is 0 Å². The van der Waals surface area contributed by atoms with Crippen LogP contribution in [0.3, 0.4) is 0 Å². The van der Waals surface area contributed by atoms with Crippen molar-refractivity contribution in [2.45, 2.75) is 307 Å². The van der Waals surface area contributed by atoms with E-state index in [4.69, 9.17) is 17.1 Å².